The van der Waals surface area contributed by atoms with Crippen molar-refractivity contribution in [3.05, 3.63) is 35.1 Å². The molecule has 0 atom stereocenters. The van der Waals surface area contributed by atoms with Crippen molar-refractivity contribution in [3.63, 3.8) is 0 Å². The lowest BCUT2D eigenvalue weighted by Gasteiger charge is -2.38. The number of hydrogen-bond donors (Lipinski definition) is 1. The smallest absolute Gasteiger partial charge is 0.317 e. The minimum Gasteiger partial charge on any atom is -0.334 e. The number of carbonyl (C=O) groups excluding carboxylic acids is 1. The van der Waals surface area contributed by atoms with Crippen LogP contribution in [-0.2, 0) is 6.54 Å². The Hall–Kier alpha value is -1.62. The molecule has 2 aliphatic rings. The Morgan fingerprint density at radius 3 is 2.61 bits per heavy atom. The molecule has 2 amide bonds. The van der Waals surface area contributed by atoms with Gasteiger partial charge in [0.25, 0.3) is 0 Å². The molecule has 2 fully saturated rings. The summed E-state index contributed by atoms with van der Waals surface area (Å²) in [6, 6.07) is 4.94. The van der Waals surface area contributed by atoms with Crippen molar-refractivity contribution in [3.8, 4) is 0 Å². The monoisotopic (exact) mass is 319 g/mol. The lowest BCUT2D eigenvalue weighted by Crippen LogP contribution is -2.52. The summed E-state index contributed by atoms with van der Waals surface area (Å²) in [5, 5.41) is 2.94. The molecule has 1 aromatic rings. The third kappa shape index (κ3) is 4.22. The fourth-order valence-corrected chi connectivity index (χ4v) is 3.28. The van der Waals surface area contributed by atoms with E-state index in [9.17, 15) is 9.18 Å². The fraction of sp³-hybridized carbons (Fsp3) is 0.611. The van der Waals surface area contributed by atoms with Crippen LogP contribution in [0.5, 0.6) is 0 Å². The van der Waals surface area contributed by atoms with Crippen LogP contribution in [0.1, 0.15) is 30.4 Å². The summed E-state index contributed by atoms with van der Waals surface area (Å²) in [7, 11) is 0. The molecule has 4 nitrogen and oxygen atoms in total. The minimum atomic E-state index is -0.206. The summed E-state index contributed by atoms with van der Waals surface area (Å²) < 4.78 is 13.2. The van der Waals surface area contributed by atoms with Gasteiger partial charge in [0.1, 0.15) is 5.82 Å². The van der Waals surface area contributed by atoms with Crippen molar-refractivity contribution >= 4 is 6.03 Å². The van der Waals surface area contributed by atoms with Crippen LogP contribution >= 0.6 is 0 Å². The van der Waals surface area contributed by atoms with Crippen molar-refractivity contribution in [1.82, 2.24) is 15.1 Å². The summed E-state index contributed by atoms with van der Waals surface area (Å²) in [5.41, 5.74) is 1.54. The number of nitrogens with zero attached hydrogens (tertiary/aromatic N) is 2. The van der Waals surface area contributed by atoms with E-state index in [1.807, 2.05) is 4.90 Å². The first-order valence-electron chi connectivity index (χ1n) is 8.62. The molecule has 1 aliphatic carbocycles. The highest BCUT2D eigenvalue weighted by Gasteiger charge is 2.25. The largest absolute Gasteiger partial charge is 0.334 e. The lowest BCUT2D eigenvalue weighted by molar-refractivity contribution is 0.111. The molecule has 0 bridgehead atoms. The first-order chi connectivity index (χ1) is 11.1. The number of piperazine rings is 1. The molecule has 126 valence electrons. The zero-order valence-corrected chi connectivity index (χ0v) is 13.9. The maximum atomic E-state index is 13.2. The van der Waals surface area contributed by atoms with Gasteiger partial charge in [0.15, 0.2) is 0 Å². The second kappa shape index (κ2) is 7.30. The number of aryl methyl sites for hydroxylation is 1. The minimum absolute atomic E-state index is 0.0183. The summed E-state index contributed by atoms with van der Waals surface area (Å²) in [4.78, 5) is 16.6. The average molecular weight is 319 g/mol. The molecule has 0 radical (unpaired) electrons. The van der Waals surface area contributed by atoms with E-state index in [4.69, 9.17) is 0 Å². The van der Waals surface area contributed by atoms with Crippen molar-refractivity contribution in [2.24, 2.45) is 5.92 Å². The van der Waals surface area contributed by atoms with Gasteiger partial charge in [-0.05, 0) is 42.9 Å². The summed E-state index contributed by atoms with van der Waals surface area (Å²) in [6.45, 7) is 6.91. The molecule has 1 saturated heterocycles. The van der Waals surface area contributed by atoms with Crippen LogP contribution < -0.4 is 5.32 Å². The van der Waals surface area contributed by atoms with Crippen LogP contribution in [0.25, 0.3) is 0 Å². The Morgan fingerprint density at radius 2 is 2.00 bits per heavy atom. The average Bonchev–Trinajstić information content (AvgIpc) is 2.52. The van der Waals surface area contributed by atoms with E-state index in [1.54, 1.807) is 19.1 Å². The second-order valence-electron chi connectivity index (χ2n) is 6.83. The first kappa shape index (κ1) is 16.2. The molecule has 0 aromatic heterocycles. The van der Waals surface area contributed by atoms with E-state index in [2.05, 4.69) is 10.2 Å². The van der Waals surface area contributed by atoms with Crippen LogP contribution in [0.4, 0.5) is 9.18 Å². The van der Waals surface area contributed by atoms with Gasteiger partial charge in [-0.2, -0.15) is 0 Å². The van der Waals surface area contributed by atoms with Gasteiger partial charge in [-0.25, -0.2) is 9.18 Å². The van der Waals surface area contributed by atoms with Crippen LogP contribution in [-0.4, -0.2) is 48.6 Å². The lowest BCUT2D eigenvalue weighted by atomic mass is 9.85. The molecule has 0 spiro atoms. The molecule has 1 heterocycles. The number of urea groups is 1. The van der Waals surface area contributed by atoms with Gasteiger partial charge in [-0.1, -0.05) is 18.6 Å². The highest BCUT2D eigenvalue weighted by Crippen LogP contribution is 2.27. The fourth-order valence-electron chi connectivity index (χ4n) is 3.28. The normalized spacial score (nSPS) is 19.5. The quantitative estimate of drug-likeness (QED) is 0.926. The predicted molar refractivity (Wildman–Crippen MR) is 88.7 cm³/mol. The van der Waals surface area contributed by atoms with E-state index in [-0.39, 0.29) is 11.8 Å². The highest BCUT2D eigenvalue weighted by atomic mass is 19.1. The van der Waals surface area contributed by atoms with E-state index in [0.717, 1.165) is 37.7 Å². The molecule has 1 saturated carbocycles. The third-order valence-corrected chi connectivity index (χ3v) is 5.07. The van der Waals surface area contributed by atoms with E-state index in [1.165, 1.54) is 31.9 Å². The number of hydrogen-bond acceptors (Lipinski definition) is 2. The number of benzene rings is 1. The molecule has 3 rings (SSSR count). The summed E-state index contributed by atoms with van der Waals surface area (Å²) >= 11 is 0. The van der Waals surface area contributed by atoms with Crippen molar-refractivity contribution in [1.29, 1.82) is 0 Å². The standard InChI is InChI=1S/C18H26FN3O/c1-14-11-16(5-6-17(14)19)12-20-18(23)22-9-7-21(8-10-22)13-15-3-2-4-15/h5-6,11,15H,2-4,7-10,12-13H2,1H3,(H,20,23). The van der Waals surface area contributed by atoms with Gasteiger partial charge in [0.2, 0.25) is 0 Å². The molecule has 1 aromatic carbocycles. The van der Waals surface area contributed by atoms with Crippen LogP contribution in [0, 0.1) is 18.7 Å². The van der Waals surface area contributed by atoms with Gasteiger partial charge < -0.3 is 10.2 Å². The molecule has 1 aliphatic heterocycles. The molecule has 1 N–H and O–H groups in total. The number of nitrogens with one attached hydrogen (secondary N) is 1. The Kier molecular flexibility index (Phi) is 5.16. The molecule has 0 unspecified atom stereocenters. The van der Waals surface area contributed by atoms with Crippen molar-refractivity contribution < 1.29 is 9.18 Å². The van der Waals surface area contributed by atoms with E-state index >= 15 is 0 Å². The maximum absolute atomic E-state index is 13.2. The van der Waals surface area contributed by atoms with E-state index in [0.29, 0.717) is 12.1 Å². The van der Waals surface area contributed by atoms with Gasteiger partial charge in [-0.15, -0.1) is 0 Å². The molecular formula is C18H26FN3O. The topological polar surface area (TPSA) is 35.6 Å². The van der Waals surface area contributed by atoms with Gasteiger partial charge in [-0.3, -0.25) is 4.90 Å². The summed E-state index contributed by atoms with van der Waals surface area (Å²) in [6.07, 6.45) is 4.13. The number of carbonyl (C=O) groups is 1. The Bertz CT molecular complexity index is 551. The predicted octanol–water partition coefficient (Wildman–Crippen LogP) is 2.76. The molecular weight excluding hydrogens is 293 g/mol. The Labute approximate surface area is 137 Å². The van der Waals surface area contributed by atoms with Crippen LogP contribution in [0.2, 0.25) is 0 Å². The van der Waals surface area contributed by atoms with Crippen molar-refractivity contribution in [2.45, 2.75) is 32.7 Å². The Balaban J connectivity index is 1.41. The number of halogens is 1. The van der Waals surface area contributed by atoms with E-state index < -0.39 is 0 Å². The van der Waals surface area contributed by atoms with Crippen molar-refractivity contribution in [2.75, 3.05) is 32.7 Å². The summed E-state index contributed by atoms with van der Waals surface area (Å²) in [5.74, 6) is 0.680. The highest BCUT2D eigenvalue weighted by molar-refractivity contribution is 5.74. The second-order valence-corrected chi connectivity index (χ2v) is 6.83. The third-order valence-electron chi connectivity index (χ3n) is 5.07. The van der Waals surface area contributed by atoms with Crippen LogP contribution in [0.3, 0.4) is 0 Å². The number of amides is 2. The number of rotatable bonds is 4. The molecule has 5 heteroatoms. The molecule has 23 heavy (non-hydrogen) atoms. The Morgan fingerprint density at radius 1 is 1.26 bits per heavy atom. The zero-order valence-electron chi connectivity index (χ0n) is 13.9. The SMILES string of the molecule is Cc1cc(CNC(=O)N2CCN(CC3CCC3)CC2)ccc1F. The van der Waals surface area contributed by atoms with Gasteiger partial charge in [0.05, 0.1) is 0 Å². The maximum Gasteiger partial charge on any atom is 0.317 e. The van der Waals surface area contributed by atoms with Crippen LogP contribution in [0.15, 0.2) is 18.2 Å². The zero-order chi connectivity index (χ0) is 16.2. The van der Waals surface area contributed by atoms with Gasteiger partial charge >= 0.3 is 6.03 Å². The van der Waals surface area contributed by atoms with Gasteiger partial charge in [0, 0.05) is 39.3 Å². The first-order valence-corrected chi connectivity index (χ1v) is 8.62.